The van der Waals surface area contributed by atoms with E-state index in [1.165, 1.54) is 16.8 Å². The average molecular weight is 591 g/mol. The number of H-pyrrole nitrogens is 1. The number of thiophene rings is 1. The molecule has 2 aliphatic rings. The van der Waals surface area contributed by atoms with E-state index in [4.69, 9.17) is 0 Å². The second kappa shape index (κ2) is 12.0. The molecule has 5 aromatic rings. The van der Waals surface area contributed by atoms with Crippen molar-refractivity contribution in [1.82, 2.24) is 20.0 Å². The molecule has 218 valence electrons. The number of anilines is 2. The molecule has 0 spiro atoms. The fraction of sp³-hybridized carbons (Fsp3) is 0.265. The van der Waals surface area contributed by atoms with Crippen molar-refractivity contribution in [3.05, 3.63) is 89.6 Å². The van der Waals surface area contributed by atoms with E-state index < -0.39 is 0 Å². The zero-order chi connectivity index (χ0) is 29.2. The van der Waals surface area contributed by atoms with E-state index in [9.17, 15) is 9.59 Å². The van der Waals surface area contributed by atoms with E-state index >= 15 is 0 Å². The second-order valence-corrected chi connectivity index (χ2v) is 12.1. The van der Waals surface area contributed by atoms with E-state index in [0.717, 1.165) is 53.9 Å². The summed E-state index contributed by atoms with van der Waals surface area (Å²) in [6.07, 6.45) is 0.747. The van der Waals surface area contributed by atoms with Gasteiger partial charge >= 0.3 is 0 Å². The summed E-state index contributed by atoms with van der Waals surface area (Å²) < 4.78 is 0. The fourth-order valence-corrected chi connectivity index (χ4v) is 6.82. The quantitative estimate of drug-likeness (QED) is 0.259. The Morgan fingerprint density at radius 2 is 1.72 bits per heavy atom. The van der Waals surface area contributed by atoms with Gasteiger partial charge in [0.25, 0.3) is 0 Å². The van der Waals surface area contributed by atoms with Gasteiger partial charge in [0, 0.05) is 55.0 Å². The van der Waals surface area contributed by atoms with Gasteiger partial charge in [-0.3, -0.25) is 19.6 Å². The Balaban J connectivity index is 0.912. The van der Waals surface area contributed by atoms with Crippen LogP contribution in [-0.2, 0) is 9.59 Å². The molecule has 2 aliphatic heterocycles. The van der Waals surface area contributed by atoms with E-state index in [-0.39, 0.29) is 17.7 Å². The number of benzene rings is 3. The standard InChI is InChI=1S/C34H34N6O2S/c41-32(40-16-14-39(15-17-40)29-8-4-7-25(19-29)27-12-18-43-23-27)22-38-13-11-26(21-38)34(42)35-28-9-10-31-30(20-28)33(37-36-31)24-5-2-1-3-6-24/h1-10,12,18-20,23,26H,11,13-17,21-22H2,(H,35,42)(H,36,37)/t26-/m1/s1. The maximum absolute atomic E-state index is 13.2. The first-order valence-electron chi connectivity index (χ1n) is 14.8. The average Bonchev–Trinajstić information content (AvgIpc) is 3.83. The third-order valence-electron chi connectivity index (χ3n) is 8.58. The highest BCUT2D eigenvalue weighted by molar-refractivity contribution is 7.08. The molecule has 8 nitrogen and oxygen atoms in total. The summed E-state index contributed by atoms with van der Waals surface area (Å²) in [6.45, 7) is 4.75. The van der Waals surface area contributed by atoms with Crippen LogP contribution in [0.1, 0.15) is 6.42 Å². The van der Waals surface area contributed by atoms with Gasteiger partial charge < -0.3 is 15.1 Å². The van der Waals surface area contributed by atoms with Crippen LogP contribution in [0.25, 0.3) is 33.3 Å². The van der Waals surface area contributed by atoms with Crippen LogP contribution in [-0.4, -0.2) is 77.6 Å². The molecule has 2 N–H and O–H groups in total. The third kappa shape index (κ3) is 5.91. The molecule has 0 radical (unpaired) electrons. The Hall–Kier alpha value is -4.47. The van der Waals surface area contributed by atoms with Gasteiger partial charge in [-0.05, 0) is 71.3 Å². The molecule has 0 bridgehead atoms. The van der Waals surface area contributed by atoms with Crippen LogP contribution >= 0.6 is 11.3 Å². The number of rotatable bonds is 7. The van der Waals surface area contributed by atoms with E-state index in [0.29, 0.717) is 26.2 Å². The largest absolute Gasteiger partial charge is 0.368 e. The number of carbonyl (C=O) groups excluding carboxylic acids is 2. The number of piperazine rings is 1. The van der Waals surface area contributed by atoms with Crippen molar-refractivity contribution >= 4 is 45.4 Å². The maximum atomic E-state index is 13.2. The number of amides is 2. The highest BCUT2D eigenvalue weighted by Crippen LogP contribution is 2.30. The number of hydrogen-bond donors (Lipinski definition) is 2. The summed E-state index contributed by atoms with van der Waals surface area (Å²) >= 11 is 1.71. The molecule has 2 saturated heterocycles. The van der Waals surface area contributed by atoms with Crippen molar-refractivity contribution in [2.24, 2.45) is 5.92 Å². The smallest absolute Gasteiger partial charge is 0.236 e. The minimum atomic E-state index is -0.145. The third-order valence-corrected chi connectivity index (χ3v) is 9.26. The first kappa shape index (κ1) is 27.4. The lowest BCUT2D eigenvalue weighted by Crippen LogP contribution is -2.51. The summed E-state index contributed by atoms with van der Waals surface area (Å²) in [5.74, 6) is -0.00211. The Kier molecular flexibility index (Phi) is 7.65. The Morgan fingerprint density at radius 3 is 2.53 bits per heavy atom. The number of likely N-dealkylation sites (tertiary alicyclic amines) is 1. The topological polar surface area (TPSA) is 84.6 Å². The summed E-state index contributed by atoms with van der Waals surface area (Å²) in [5.41, 5.74) is 7.24. The van der Waals surface area contributed by atoms with Gasteiger partial charge in [-0.25, -0.2) is 0 Å². The maximum Gasteiger partial charge on any atom is 0.236 e. The molecule has 0 unspecified atom stereocenters. The number of aromatic nitrogens is 2. The van der Waals surface area contributed by atoms with Gasteiger partial charge in [0.1, 0.15) is 0 Å². The van der Waals surface area contributed by atoms with Crippen LogP contribution in [0, 0.1) is 5.92 Å². The Morgan fingerprint density at radius 1 is 0.884 bits per heavy atom. The SMILES string of the molecule is O=C(Nc1ccc2[nH]nc(-c3ccccc3)c2c1)[C@@H]1CCN(CC(=O)N2CCN(c3cccc(-c4ccsc4)c3)CC2)C1. The first-order chi connectivity index (χ1) is 21.1. The molecule has 0 saturated carbocycles. The molecule has 1 atom stereocenters. The molecule has 2 amide bonds. The Bertz CT molecular complexity index is 1730. The number of fused-ring (bicyclic) bond motifs is 1. The normalized spacial score (nSPS) is 17.4. The molecular weight excluding hydrogens is 556 g/mol. The van der Waals surface area contributed by atoms with Gasteiger partial charge in [0.2, 0.25) is 11.8 Å². The van der Waals surface area contributed by atoms with Crippen molar-refractivity contribution in [2.75, 3.05) is 56.0 Å². The summed E-state index contributed by atoms with van der Waals surface area (Å²) in [7, 11) is 0. The molecule has 3 aromatic carbocycles. The molecule has 43 heavy (non-hydrogen) atoms. The molecule has 4 heterocycles. The molecule has 9 heteroatoms. The van der Waals surface area contributed by atoms with Gasteiger partial charge in [-0.1, -0.05) is 42.5 Å². The van der Waals surface area contributed by atoms with Crippen LogP contribution < -0.4 is 10.2 Å². The zero-order valence-corrected chi connectivity index (χ0v) is 24.7. The van der Waals surface area contributed by atoms with Crippen molar-refractivity contribution in [1.29, 1.82) is 0 Å². The molecule has 0 aliphatic carbocycles. The predicted octanol–water partition coefficient (Wildman–Crippen LogP) is 5.57. The van der Waals surface area contributed by atoms with Crippen LogP contribution in [0.4, 0.5) is 11.4 Å². The minimum absolute atomic E-state index is 0.00245. The van der Waals surface area contributed by atoms with Crippen molar-refractivity contribution in [2.45, 2.75) is 6.42 Å². The van der Waals surface area contributed by atoms with Crippen molar-refractivity contribution in [3.8, 4) is 22.4 Å². The van der Waals surface area contributed by atoms with Gasteiger partial charge in [0.15, 0.2) is 0 Å². The fourth-order valence-electron chi connectivity index (χ4n) is 6.16. The summed E-state index contributed by atoms with van der Waals surface area (Å²) in [5, 5.41) is 15.9. The highest BCUT2D eigenvalue weighted by Gasteiger charge is 2.31. The van der Waals surface area contributed by atoms with E-state index in [2.05, 4.69) is 66.4 Å². The van der Waals surface area contributed by atoms with Gasteiger partial charge in [-0.15, -0.1) is 0 Å². The monoisotopic (exact) mass is 590 g/mol. The predicted molar refractivity (Wildman–Crippen MR) is 173 cm³/mol. The number of hydrogen-bond acceptors (Lipinski definition) is 6. The molecule has 7 rings (SSSR count). The van der Waals surface area contributed by atoms with E-state index in [1.54, 1.807) is 11.3 Å². The Labute approximate surface area is 254 Å². The highest BCUT2D eigenvalue weighted by atomic mass is 32.1. The lowest BCUT2D eigenvalue weighted by Gasteiger charge is -2.37. The van der Waals surface area contributed by atoms with Gasteiger partial charge in [0.05, 0.1) is 23.7 Å². The number of nitrogens with zero attached hydrogens (tertiary/aromatic N) is 4. The lowest BCUT2D eigenvalue weighted by molar-refractivity contribution is -0.132. The van der Waals surface area contributed by atoms with Gasteiger partial charge in [-0.2, -0.15) is 16.4 Å². The van der Waals surface area contributed by atoms with E-state index in [1.807, 2.05) is 53.4 Å². The summed E-state index contributed by atoms with van der Waals surface area (Å²) in [4.78, 5) is 32.8. The molecular formula is C34H34N6O2S. The molecule has 2 aromatic heterocycles. The molecule has 2 fully saturated rings. The van der Waals surface area contributed by atoms with Crippen LogP contribution in [0.3, 0.4) is 0 Å². The number of aromatic amines is 1. The van der Waals surface area contributed by atoms with Crippen LogP contribution in [0.2, 0.25) is 0 Å². The zero-order valence-electron chi connectivity index (χ0n) is 23.9. The number of nitrogens with one attached hydrogen (secondary N) is 2. The first-order valence-corrected chi connectivity index (χ1v) is 15.8. The van der Waals surface area contributed by atoms with Crippen LogP contribution in [0.5, 0.6) is 0 Å². The number of carbonyl (C=O) groups is 2. The van der Waals surface area contributed by atoms with Crippen LogP contribution in [0.15, 0.2) is 89.6 Å². The summed E-state index contributed by atoms with van der Waals surface area (Å²) in [6, 6.07) is 26.6. The minimum Gasteiger partial charge on any atom is -0.368 e. The van der Waals surface area contributed by atoms with Crippen molar-refractivity contribution in [3.63, 3.8) is 0 Å². The second-order valence-electron chi connectivity index (χ2n) is 11.3. The lowest BCUT2D eigenvalue weighted by atomic mass is 10.1. The van der Waals surface area contributed by atoms with Crippen molar-refractivity contribution < 1.29 is 9.59 Å².